The number of hydrogen-bond acceptors (Lipinski definition) is 9. The van der Waals surface area contributed by atoms with Crippen molar-refractivity contribution in [2.24, 2.45) is 11.5 Å². The molecule has 5 unspecified atom stereocenters. The minimum absolute atomic E-state index is 0.176. The van der Waals surface area contributed by atoms with Crippen LogP contribution in [0.3, 0.4) is 0 Å². The summed E-state index contributed by atoms with van der Waals surface area (Å²) in [7, 11) is 0. The Hall–Kier alpha value is -1.93. The number of carbonyl (C=O) groups is 4. The van der Waals surface area contributed by atoms with Gasteiger partial charge < -0.3 is 42.7 Å². The lowest BCUT2D eigenvalue weighted by Gasteiger charge is -2.26. The highest BCUT2D eigenvalue weighted by Gasteiger charge is 2.32. The lowest BCUT2D eigenvalue weighted by Crippen LogP contribution is -2.60. The molecule has 0 radical (unpaired) electrons. The van der Waals surface area contributed by atoms with Gasteiger partial charge in [0.1, 0.15) is 24.2 Å². The first kappa shape index (κ1) is 27.1. The van der Waals surface area contributed by atoms with Gasteiger partial charge in [-0.15, -0.1) is 0 Å². The number of carboxylic acids is 1. The summed E-state index contributed by atoms with van der Waals surface area (Å²) in [5.41, 5.74) is 10.9. The molecule has 0 spiro atoms. The number of nitrogens with two attached hydrogens (primary N) is 2. The molecule has 0 aliphatic heterocycles. The second-order valence-electron chi connectivity index (χ2n) is 6.44. The molecule has 0 aromatic carbocycles. The first-order valence-electron chi connectivity index (χ1n) is 9.08. The normalized spacial score (nSPS) is 16.1. The van der Waals surface area contributed by atoms with Gasteiger partial charge >= 0.3 is 5.97 Å². The largest absolute Gasteiger partial charge is 0.480 e. The van der Waals surface area contributed by atoms with Gasteiger partial charge in [-0.1, -0.05) is 0 Å². The maximum absolute atomic E-state index is 12.6. The van der Waals surface area contributed by atoms with E-state index in [1.54, 1.807) is 0 Å². The second-order valence-corrected chi connectivity index (χ2v) is 6.81. The van der Waals surface area contributed by atoms with E-state index in [2.05, 4.69) is 28.6 Å². The summed E-state index contributed by atoms with van der Waals surface area (Å²) in [5, 5.41) is 34.7. The molecule has 168 valence electrons. The van der Waals surface area contributed by atoms with Crippen molar-refractivity contribution in [3.8, 4) is 0 Å². The van der Waals surface area contributed by atoms with Gasteiger partial charge in [-0.3, -0.25) is 14.4 Å². The Labute approximate surface area is 174 Å². The topological polar surface area (TPSA) is 217 Å². The van der Waals surface area contributed by atoms with Crippen molar-refractivity contribution in [3.63, 3.8) is 0 Å². The van der Waals surface area contributed by atoms with Crippen LogP contribution in [0.4, 0.5) is 0 Å². The quantitative estimate of drug-likeness (QED) is 0.0962. The molecule has 0 aliphatic carbocycles. The first-order chi connectivity index (χ1) is 13.6. The van der Waals surface area contributed by atoms with Gasteiger partial charge in [-0.2, -0.15) is 12.6 Å². The number of rotatable bonds is 14. The van der Waals surface area contributed by atoms with Crippen LogP contribution in [-0.4, -0.2) is 88.2 Å². The van der Waals surface area contributed by atoms with E-state index in [4.69, 9.17) is 21.7 Å². The molecule has 13 heteroatoms. The number of amides is 3. The smallest absolute Gasteiger partial charge is 0.327 e. The number of nitrogens with one attached hydrogen (secondary N) is 3. The molecule has 29 heavy (non-hydrogen) atoms. The van der Waals surface area contributed by atoms with Crippen molar-refractivity contribution >= 4 is 36.3 Å². The molecular formula is C16H31N5O7S. The monoisotopic (exact) mass is 437 g/mol. The number of aliphatic hydroxyl groups excluding tert-OH is 2. The van der Waals surface area contributed by atoms with Crippen molar-refractivity contribution in [1.29, 1.82) is 0 Å². The average molecular weight is 438 g/mol. The Morgan fingerprint density at radius 2 is 1.59 bits per heavy atom. The number of hydrogen-bond donors (Lipinski definition) is 9. The molecule has 0 aromatic rings. The van der Waals surface area contributed by atoms with E-state index in [1.165, 1.54) is 6.92 Å². The number of carboxylic acid groups (broad SMARTS) is 1. The zero-order valence-electron chi connectivity index (χ0n) is 16.2. The van der Waals surface area contributed by atoms with E-state index < -0.39 is 60.6 Å². The zero-order valence-corrected chi connectivity index (χ0v) is 17.1. The Balaban J connectivity index is 5.27. The van der Waals surface area contributed by atoms with Gasteiger partial charge in [-0.05, 0) is 32.7 Å². The fraction of sp³-hybridized carbons (Fsp3) is 0.750. The number of unbranched alkanes of at least 4 members (excludes halogenated alkanes) is 1. The fourth-order valence-electron chi connectivity index (χ4n) is 2.23. The summed E-state index contributed by atoms with van der Waals surface area (Å²) in [4.78, 5) is 47.9. The highest BCUT2D eigenvalue weighted by Crippen LogP contribution is 2.04. The van der Waals surface area contributed by atoms with Crippen LogP contribution in [0, 0.1) is 0 Å². The van der Waals surface area contributed by atoms with Gasteiger partial charge in [0.05, 0.1) is 12.7 Å². The van der Waals surface area contributed by atoms with E-state index >= 15 is 0 Å². The van der Waals surface area contributed by atoms with E-state index in [0.717, 1.165) is 0 Å². The van der Waals surface area contributed by atoms with Crippen LogP contribution >= 0.6 is 12.6 Å². The van der Waals surface area contributed by atoms with Gasteiger partial charge in [-0.25, -0.2) is 4.79 Å². The van der Waals surface area contributed by atoms with E-state index in [1.807, 2.05) is 0 Å². The van der Waals surface area contributed by atoms with Gasteiger partial charge in [0.2, 0.25) is 17.7 Å². The van der Waals surface area contributed by atoms with Crippen LogP contribution in [-0.2, 0) is 19.2 Å². The van der Waals surface area contributed by atoms with Crippen LogP contribution in [0.15, 0.2) is 0 Å². The second kappa shape index (κ2) is 14.1. The highest BCUT2D eigenvalue weighted by atomic mass is 32.1. The van der Waals surface area contributed by atoms with Crippen molar-refractivity contribution in [3.05, 3.63) is 0 Å². The number of thiol groups is 1. The van der Waals surface area contributed by atoms with E-state index in [9.17, 15) is 24.3 Å². The third-order valence-corrected chi connectivity index (χ3v) is 4.34. The van der Waals surface area contributed by atoms with Crippen LogP contribution in [0.5, 0.6) is 0 Å². The van der Waals surface area contributed by atoms with Crippen LogP contribution in [0.25, 0.3) is 0 Å². The molecule has 3 amide bonds. The summed E-state index contributed by atoms with van der Waals surface area (Å²) in [5.74, 6) is -3.99. The van der Waals surface area contributed by atoms with Crippen LogP contribution in [0.2, 0.25) is 0 Å². The lowest BCUT2D eigenvalue weighted by atomic mass is 10.1. The molecule has 0 heterocycles. The molecule has 0 rings (SSSR count). The predicted octanol–water partition coefficient (Wildman–Crippen LogP) is -3.72. The first-order valence-corrected chi connectivity index (χ1v) is 9.71. The van der Waals surface area contributed by atoms with Crippen molar-refractivity contribution in [2.75, 3.05) is 18.9 Å². The summed E-state index contributed by atoms with van der Waals surface area (Å²) in [6, 6.07) is -5.11. The Kier molecular flexibility index (Phi) is 13.2. The van der Waals surface area contributed by atoms with Crippen molar-refractivity contribution in [2.45, 2.75) is 56.5 Å². The van der Waals surface area contributed by atoms with E-state index in [-0.39, 0.29) is 12.2 Å². The summed E-state index contributed by atoms with van der Waals surface area (Å²) < 4.78 is 0. The molecule has 5 atom stereocenters. The zero-order chi connectivity index (χ0) is 22.6. The predicted molar refractivity (Wildman–Crippen MR) is 107 cm³/mol. The van der Waals surface area contributed by atoms with Gasteiger partial charge in [0.25, 0.3) is 0 Å². The highest BCUT2D eigenvalue weighted by molar-refractivity contribution is 7.80. The molecule has 0 bridgehead atoms. The number of carbonyl (C=O) groups excluding carboxylic acids is 3. The summed E-state index contributed by atoms with van der Waals surface area (Å²) >= 11 is 3.83. The van der Waals surface area contributed by atoms with Gasteiger partial charge in [0, 0.05) is 5.75 Å². The number of aliphatic hydroxyl groups is 2. The molecule has 10 N–H and O–H groups in total. The van der Waals surface area contributed by atoms with Crippen molar-refractivity contribution in [1.82, 2.24) is 16.0 Å². The molecule has 0 aromatic heterocycles. The maximum atomic E-state index is 12.6. The SMILES string of the molecule is CC(O)C(NC(=O)C(CCCCN)NC(=O)C(N)CO)C(=O)NC(CS)C(=O)O. The Morgan fingerprint density at radius 1 is 1.00 bits per heavy atom. The summed E-state index contributed by atoms with van der Waals surface area (Å²) in [6.45, 7) is 0.990. The van der Waals surface area contributed by atoms with Gasteiger partial charge in [0.15, 0.2) is 0 Å². The molecule has 0 fully saturated rings. The Bertz CT molecular complexity index is 564. The molecular weight excluding hydrogens is 406 g/mol. The fourth-order valence-corrected chi connectivity index (χ4v) is 2.48. The lowest BCUT2D eigenvalue weighted by molar-refractivity contribution is -0.142. The number of aliphatic carboxylic acids is 1. The van der Waals surface area contributed by atoms with Crippen LogP contribution in [0.1, 0.15) is 26.2 Å². The van der Waals surface area contributed by atoms with Crippen molar-refractivity contribution < 1.29 is 34.5 Å². The van der Waals surface area contributed by atoms with E-state index in [0.29, 0.717) is 19.4 Å². The third kappa shape index (κ3) is 9.89. The molecule has 12 nitrogen and oxygen atoms in total. The third-order valence-electron chi connectivity index (χ3n) is 3.97. The minimum atomic E-state index is -1.47. The minimum Gasteiger partial charge on any atom is -0.480 e. The Morgan fingerprint density at radius 3 is 2.03 bits per heavy atom. The average Bonchev–Trinajstić information content (AvgIpc) is 2.67. The van der Waals surface area contributed by atoms with Crippen LogP contribution < -0.4 is 27.4 Å². The molecule has 0 saturated heterocycles. The molecule has 0 aliphatic rings. The maximum Gasteiger partial charge on any atom is 0.327 e. The standard InChI is InChI=1S/C16H31N5O7S/c1-8(23)12(15(26)20-11(7-29)16(27)28)21-14(25)10(4-2-3-5-17)19-13(24)9(18)6-22/h8-12,22-23,29H,2-7,17-18H2,1H3,(H,19,24)(H,20,26)(H,21,25)(H,27,28). The molecule has 0 saturated carbocycles. The summed E-state index contributed by atoms with van der Waals surface area (Å²) in [6.07, 6.45) is -0.118.